The maximum absolute atomic E-state index is 13.1. The van der Waals surface area contributed by atoms with E-state index in [1.165, 1.54) is 22.5 Å². The Bertz CT molecular complexity index is 1290. The Morgan fingerprint density at radius 3 is 2.50 bits per heavy atom. The molecule has 0 unspecified atom stereocenters. The highest BCUT2D eigenvalue weighted by atomic mass is 32.2. The van der Waals surface area contributed by atoms with Crippen LogP contribution in [0, 0.1) is 11.7 Å². The molecule has 1 aromatic heterocycles. The van der Waals surface area contributed by atoms with Gasteiger partial charge in [0.2, 0.25) is 15.9 Å². The second kappa shape index (κ2) is 9.13. The van der Waals surface area contributed by atoms with Gasteiger partial charge in [-0.15, -0.1) is 0 Å². The van der Waals surface area contributed by atoms with E-state index in [1.807, 2.05) is 6.92 Å². The number of benzene rings is 2. The summed E-state index contributed by atoms with van der Waals surface area (Å²) >= 11 is 1.04. The first-order valence-electron chi connectivity index (χ1n) is 10.5. The molecule has 2 aromatic carbocycles. The van der Waals surface area contributed by atoms with Crippen LogP contribution in [0.2, 0.25) is 0 Å². The molecule has 32 heavy (non-hydrogen) atoms. The zero-order valence-corrected chi connectivity index (χ0v) is 19.2. The third kappa shape index (κ3) is 4.48. The van der Waals surface area contributed by atoms with Gasteiger partial charge in [0.15, 0.2) is 0 Å². The Labute approximate surface area is 189 Å². The van der Waals surface area contributed by atoms with Crippen LogP contribution in [0.1, 0.15) is 25.3 Å². The highest BCUT2D eigenvalue weighted by Crippen LogP contribution is 2.27. The number of aryl methyl sites for hydroxylation is 1. The second-order valence-corrected chi connectivity index (χ2v) is 10.7. The monoisotopic (exact) mass is 477 g/mol. The van der Waals surface area contributed by atoms with Crippen molar-refractivity contribution in [3.8, 4) is 0 Å². The Morgan fingerprint density at radius 1 is 1.16 bits per heavy atom. The minimum Gasteiger partial charge on any atom is -0.352 e. The Balaban J connectivity index is 1.39. The van der Waals surface area contributed by atoms with Crippen molar-refractivity contribution in [3.63, 3.8) is 0 Å². The van der Waals surface area contributed by atoms with Crippen molar-refractivity contribution >= 4 is 37.5 Å². The number of carbonyl (C=O) groups is 1. The number of fused-ring (bicyclic) bond motifs is 1. The first-order chi connectivity index (χ1) is 15.3. The lowest BCUT2D eigenvalue weighted by Gasteiger charge is -2.30. The zero-order valence-electron chi connectivity index (χ0n) is 17.6. The number of rotatable bonds is 6. The van der Waals surface area contributed by atoms with Gasteiger partial charge >= 0.3 is 4.87 Å². The third-order valence-corrected chi connectivity index (χ3v) is 8.63. The van der Waals surface area contributed by atoms with Gasteiger partial charge in [0, 0.05) is 32.1 Å². The van der Waals surface area contributed by atoms with Crippen LogP contribution in [0.15, 0.2) is 52.2 Å². The molecule has 1 aliphatic rings. The van der Waals surface area contributed by atoms with Gasteiger partial charge in [-0.1, -0.05) is 23.5 Å². The van der Waals surface area contributed by atoms with Gasteiger partial charge in [-0.05, 0) is 55.7 Å². The van der Waals surface area contributed by atoms with Crippen LogP contribution in [-0.4, -0.2) is 36.3 Å². The van der Waals surface area contributed by atoms with E-state index >= 15 is 0 Å². The minimum absolute atomic E-state index is 0.107. The molecule has 1 amide bonds. The first-order valence-corrected chi connectivity index (χ1v) is 12.7. The quantitative estimate of drug-likeness (QED) is 0.591. The first kappa shape index (κ1) is 22.6. The molecule has 7 nitrogen and oxygen atoms in total. The SMILES string of the molecule is CCn1c(=O)sc2cc(S(=O)(=O)N3CCC(C(=O)NCc4ccc(F)cc4)CC3)ccc21. The predicted octanol–water partition coefficient (Wildman–Crippen LogP) is 2.94. The van der Waals surface area contributed by atoms with Gasteiger partial charge < -0.3 is 5.32 Å². The van der Waals surface area contributed by atoms with E-state index in [4.69, 9.17) is 0 Å². The normalized spacial score (nSPS) is 15.8. The molecule has 3 aromatic rings. The van der Waals surface area contributed by atoms with E-state index < -0.39 is 10.0 Å². The van der Waals surface area contributed by atoms with Crippen LogP contribution in [0.25, 0.3) is 10.2 Å². The average Bonchev–Trinajstić information content (AvgIpc) is 3.12. The summed E-state index contributed by atoms with van der Waals surface area (Å²) in [4.78, 5) is 24.6. The molecular formula is C22H24FN3O4S2. The number of nitrogens with zero attached hydrogens (tertiary/aromatic N) is 2. The molecule has 1 saturated heterocycles. The molecule has 0 radical (unpaired) electrons. The molecule has 0 bridgehead atoms. The van der Waals surface area contributed by atoms with Crippen LogP contribution >= 0.6 is 11.3 Å². The fourth-order valence-corrected chi connectivity index (χ4v) is 6.52. The fraction of sp³-hybridized carbons (Fsp3) is 0.364. The van der Waals surface area contributed by atoms with Crippen molar-refractivity contribution in [1.29, 1.82) is 0 Å². The number of hydrogen-bond acceptors (Lipinski definition) is 5. The number of sulfonamides is 1. The molecule has 1 fully saturated rings. The maximum Gasteiger partial charge on any atom is 0.308 e. The van der Waals surface area contributed by atoms with Crippen LogP contribution in [-0.2, 0) is 27.9 Å². The summed E-state index contributed by atoms with van der Waals surface area (Å²) in [5.41, 5.74) is 1.53. The highest BCUT2D eigenvalue weighted by molar-refractivity contribution is 7.89. The summed E-state index contributed by atoms with van der Waals surface area (Å²) in [6.07, 6.45) is 0.854. The van der Waals surface area contributed by atoms with Crippen molar-refractivity contribution < 1.29 is 17.6 Å². The van der Waals surface area contributed by atoms with Crippen molar-refractivity contribution in [2.45, 2.75) is 37.8 Å². The lowest BCUT2D eigenvalue weighted by molar-refractivity contribution is -0.126. The Morgan fingerprint density at radius 2 is 1.84 bits per heavy atom. The van der Waals surface area contributed by atoms with E-state index in [2.05, 4.69) is 5.32 Å². The van der Waals surface area contributed by atoms with Gasteiger partial charge in [0.1, 0.15) is 5.82 Å². The summed E-state index contributed by atoms with van der Waals surface area (Å²) in [6.45, 7) is 3.21. The largest absolute Gasteiger partial charge is 0.352 e. The minimum atomic E-state index is -3.71. The summed E-state index contributed by atoms with van der Waals surface area (Å²) in [5.74, 6) is -0.725. The summed E-state index contributed by atoms with van der Waals surface area (Å²) < 4.78 is 42.9. The van der Waals surface area contributed by atoms with Crippen LogP contribution < -0.4 is 10.2 Å². The van der Waals surface area contributed by atoms with Crippen LogP contribution in [0.5, 0.6) is 0 Å². The number of aromatic nitrogens is 1. The maximum atomic E-state index is 13.1. The lowest BCUT2D eigenvalue weighted by Crippen LogP contribution is -2.42. The Kier molecular flexibility index (Phi) is 6.45. The summed E-state index contributed by atoms with van der Waals surface area (Å²) in [6, 6.07) is 10.7. The molecule has 2 heterocycles. The summed E-state index contributed by atoms with van der Waals surface area (Å²) in [5, 5.41) is 2.85. The Hall–Kier alpha value is -2.56. The summed E-state index contributed by atoms with van der Waals surface area (Å²) in [7, 11) is -3.71. The standard InChI is InChI=1S/C22H24FN3O4S2/c1-2-26-19-8-7-18(13-20(19)31-22(26)28)32(29,30)25-11-9-16(10-12-25)21(27)24-14-15-3-5-17(23)6-4-15/h3-8,13,16H,2,9-12,14H2,1H3,(H,24,27). The fourth-order valence-electron chi connectivity index (χ4n) is 3.95. The lowest BCUT2D eigenvalue weighted by atomic mass is 9.97. The van der Waals surface area contributed by atoms with Gasteiger partial charge in [-0.3, -0.25) is 14.2 Å². The number of halogens is 1. The van der Waals surface area contributed by atoms with Crippen molar-refractivity contribution in [1.82, 2.24) is 14.2 Å². The number of amides is 1. The molecule has 0 atom stereocenters. The number of piperidine rings is 1. The molecule has 0 saturated carbocycles. The molecule has 0 spiro atoms. The zero-order chi connectivity index (χ0) is 22.9. The van der Waals surface area contributed by atoms with Gasteiger partial charge in [-0.2, -0.15) is 4.31 Å². The van der Waals surface area contributed by atoms with Gasteiger partial charge in [0.05, 0.1) is 15.1 Å². The van der Waals surface area contributed by atoms with Crippen molar-refractivity contribution in [3.05, 3.63) is 63.5 Å². The second-order valence-electron chi connectivity index (χ2n) is 7.76. The average molecular weight is 478 g/mol. The smallest absolute Gasteiger partial charge is 0.308 e. The van der Waals surface area contributed by atoms with Crippen LogP contribution in [0.3, 0.4) is 0 Å². The number of nitrogens with one attached hydrogen (secondary N) is 1. The van der Waals surface area contributed by atoms with Crippen molar-refractivity contribution in [2.24, 2.45) is 5.92 Å². The highest BCUT2D eigenvalue weighted by Gasteiger charge is 2.32. The molecular weight excluding hydrogens is 453 g/mol. The van der Waals surface area contributed by atoms with Crippen molar-refractivity contribution in [2.75, 3.05) is 13.1 Å². The number of hydrogen-bond donors (Lipinski definition) is 1. The predicted molar refractivity (Wildman–Crippen MR) is 121 cm³/mol. The van der Waals surface area contributed by atoms with E-state index in [0.29, 0.717) is 30.6 Å². The van der Waals surface area contributed by atoms with Crippen LogP contribution in [0.4, 0.5) is 4.39 Å². The molecule has 1 N–H and O–H groups in total. The molecule has 0 aliphatic carbocycles. The molecule has 4 rings (SSSR count). The molecule has 10 heteroatoms. The number of carbonyl (C=O) groups excluding carboxylic acids is 1. The topological polar surface area (TPSA) is 88.5 Å². The van der Waals surface area contributed by atoms with E-state index in [-0.39, 0.29) is 40.5 Å². The molecule has 1 aliphatic heterocycles. The van der Waals surface area contributed by atoms with Gasteiger partial charge in [-0.25, -0.2) is 12.8 Å². The van der Waals surface area contributed by atoms with E-state index in [0.717, 1.165) is 22.4 Å². The van der Waals surface area contributed by atoms with E-state index in [1.54, 1.807) is 28.8 Å². The molecule has 170 valence electrons. The number of thiazole rings is 1. The third-order valence-electron chi connectivity index (χ3n) is 5.80. The van der Waals surface area contributed by atoms with E-state index in [9.17, 15) is 22.4 Å². The van der Waals surface area contributed by atoms with Gasteiger partial charge in [0.25, 0.3) is 0 Å².